The summed E-state index contributed by atoms with van der Waals surface area (Å²) >= 11 is 0. The fourth-order valence-corrected chi connectivity index (χ4v) is 3.63. The van der Waals surface area contributed by atoms with Crippen molar-refractivity contribution in [3.05, 3.63) is 115 Å². The zero-order valence-corrected chi connectivity index (χ0v) is 16.0. The second-order valence-corrected chi connectivity index (χ2v) is 7.13. The fourth-order valence-electron chi connectivity index (χ4n) is 3.63. The maximum atomic E-state index is 6.15. The summed E-state index contributed by atoms with van der Waals surface area (Å²) in [5, 5.41) is 5.34. The minimum atomic E-state index is -0.145. The number of hydrogen-bond donors (Lipinski definition) is 1. The van der Waals surface area contributed by atoms with Crippen LogP contribution in [0.3, 0.4) is 0 Å². The third-order valence-electron chi connectivity index (χ3n) is 5.24. The molecule has 1 aliphatic rings. The van der Waals surface area contributed by atoms with Gasteiger partial charge in [-0.3, -0.25) is 5.32 Å². The molecule has 142 valence electrons. The van der Waals surface area contributed by atoms with Gasteiger partial charge in [-0.25, -0.2) is 9.90 Å². The number of hydrogen-bond acceptors (Lipinski definition) is 3. The molecule has 29 heavy (non-hydrogen) atoms. The molecule has 3 heteroatoms. The average molecular weight is 378 g/mol. The van der Waals surface area contributed by atoms with Gasteiger partial charge in [-0.15, -0.1) is 0 Å². The largest absolute Gasteiger partial charge is 0.266 e. The molecule has 1 atom stereocenters. The molecule has 4 aromatic carbocycles. The highest BCUT2D eigenvalue weighted by atomic mass is 16.7. The highest BCUT2D eigenvalue weighted by molar-refractivity contribution is 5.66. The van der Waals surface area contributed by atoms with Crippen LogP contribution in [0.5, 0.6) is 0 Å². The molecule has 0 radical (unpaired) electrons. The van der Waals surface area contributed by atoms with Crippen LogP contribution in [0.1, 0.15) is 11.8 Å². The van der Waals surface area contributed by atoms with Crippen molar-refractivity contribution >= 4 is 5.69 Å². The first-order chi connectivity index (χ1) is 14.4. The normalized spacial score (nSPS) is 16.1. The number of rotatable bonds is 4. The Morgan fingerprint density at radius 1 is 0.586 bits per heavy atom. The van der Waals surface area contributed by atoms with E-state index in [1.54, 1.807) is 0 Å². The molecule has 0 bridgehead atoms. The van der Waals surface area contributed by atoms with E-state index in [2.05, 4.69) is 102 Å². The smallest absolute Gasteiger partial charge is 0.163 e. The number of nitrogens with zero attached hydrogens (tertiary/aromatic N) is 1. The van der Waals surface area contributed by atoms with Crippen molar-refractivity contribution in [3.63, 3.8) is 0 Å². The van der Waals surface area contributed by atoms with Gasteiger partial charge in [0.1, 0.15) is 0 Å². The van der Waals surface area contributed by atoms with Crippen molar-refractivity contribution in [1.29, 1.82) is 0 Å². The molecule has 0 aromatic heterocycles. The van der Waals surface area contributed by atoms with E-state index in [1.807, 2.05) is 17.2 Å². The van der Waals surface area contributed by atoms with Crippen LogP contribution in [0.4, 0.5) is 5.69 Å². The van der Waals surface area contributed by atoms with Gasteiger partial charge in [-0.05, 0) is 39.9 Å². The van der Waals surface area contributed by atoms with E-state index in [4.69, 9.17) is 4.84 Å². The molecular weight excluding hydrogens is 356 g/mol. The Bertz CT molecular complexity index is 972. The lowest BCUT2D eigenvalue weighted by Gasteiger charge is -2.17. The Hall–Kier alpha value is -3.40. The molecule has 1 N–H and O–H groups in total. The highest BCUT2D eigenvalue weighted by Gasteiger charge is 2.24. The van der Waals surface area contributed by atoms with Crippen LogP contribution in [0.25, 0.3) is 22.3 Å². The molecule has 0 spiro atoms. The standard InChI is InChI=1S/C26H22N2O/c1-3-7-20(8-4-1)22-11-13-24(14-12-22)26-27-19-28(29-26)25-17-15-23(16-18-25)21-9-5-2-6-10-21/h1-18,26-27H,19H2. The maximum absolute atomic E-state index is 6.15. The van der Waals surface area contributed by atoms with Crippen LogP contribution in [-0.4, -0.2) is 6.67 Å². The fraction of sp³-hybridized carbons (Fsp3) is 0.0769. The Kier molecular flexibility index (Phi) is 4.83. The Morgan fingerprint density at radius 2 is 1.07 bits per heavy atom. The zero-order chi connectivity index (χ0) is 19.5. The Labute approximate surface area is 171 Å². The van der Waals surface area contributed by atoms with Crippen LogP contribution in [0.15, 0.2) is 109 Å². The first-order valence-electron chi connectivity index (χ1n) is 9.85. The van der Waals surface area contributed by atoms with Gasteiger partial charge in [-0.2, -0.15) is 0 Å². The van der Waals surface area contributed by atoms with Gasteiger partial charge < -0.3 is 0 Å². The van der Waals surface area contributed by atoms with Gasteiger partial charge >= 0.3 is 0 Å². The SMILES string of the molecule is c1ccc(-c2ccc(C3NCN(c4ccc(-c5ccccc5)cc4)O3)cc2)cc1. The maximum Gasteiger partial charge on any atom is 0.163 e. The molecule has 1 unspecified atom stereocenters. The first kappa shape index (κ1) is 17.7. The summed E-state index contributed by atoms with van der Waals surface area (Å²) in [6.45, 7) is 0.649. The van der Waals surface area contributed by atoms with Crippen LogP contribution in [-0.2, 0) is 4.84 Å². The first-order valence-corrected chi connectivity index (χ1v) is 9.85. The molecular formula is C26H22N2O. The molecule has 3 nitrogen and oxygen atoms in total. The van der Waals surface area contributed by atoms with E-state index in [1.165, 1.54) is 22.3 Å². The van der Waals surface area contributed by atoms with E-state index in [-0.39, 0.29) is 6.23 Å². The van der Waals surface area contributed by atoms with Gasteiger partial charge in [0.15, 0.2) is 6.23 Å². The van der Waals surface area contributed by atoms with Gasteiger partial charge in [0.05, 0.1) is 12.4 Å². The summed E-state index contributed by atoms with van der Waals surface area (Å²) in [5.41, 5.74) is 7.01. The van der Waals surface area contributed by atoms with Gasteiger partial charge in [0.2, 0.25) is 0 Å². The zero-order valence-electron chi connectivity index (χ0n) is 16.0. The molecule has 1 heterocycles. The quantitative estimate of drug-likeness (QED) is 0.470. The summed E-state index contributed by atoms with van der Waals surface area (Å²) in [5.74, 6) is 0. The second kappa shape index (κ2) is 7.92. The van der Waals surface area contributed by atoms with Crippen LogP contribution >= 0.6 is 0 Å². The monoisotopic (exact) mass is 378 g/mol. The second-order valence-electron chi connectivity index (χ2n) is 7.13. The van der Waals surface area contributed by atoms with E-state index in [9.17, 15) is 0 Å². The van der Waals surface area contributed by atoms with Gasteiger partial charge in [-0.1, -0.05) is 97.1 Å². The van der Waals surface area contributed by atoms with Crippen molar-refractivity contribution < 1.29 is 4.84 Å². The predicted molar refractivity (Wildman–Crippen MR) is 118 cm³/mol. The summed E-state index contributed by atoms with van der Waals surface area (Å²) in [4.78, 5) is 6.15. The molecule has 0 aliphatic carbocycles. The van der Waals surface area contributed by atoms with Gasteiger partial charge in [0.25, 0.3) is 0 Å². The molecule has 5 rings (SSSR count). The molecule has 1 aliphatic heterocycles. The highest BCUT2D eigenvalue weighted by Crippen LogP contribution is 2.29. The van der Waals surface area contributed by atoms with Crippen LogP contribution in [0.2, 0.25) is 0 Å². The molecule has 0 saturated carbocycles. The van der Waals surface area contributed by atoms with E-state index >= 15 is 0 Å². The predicted octanol–water partition coefficient (Wildman–Crippen LogP) is 6.02. The molecule has 1 fully saturated rings. The van der Waals surface area contributed by atoms with Crippen molar-refractivity contribution in [1.82, 2.24) is 5.32 Å². The number of anilines is 1. The lowest BCUT2D eigenvalue weighted by Crippen LogP contribution is -2.19. The minimum absolute atomic E-state index is 0.145. The van der Waals surface area contributed by atoms with E-state index in [0.717, 1.165) is 11.3 Å². The van der Waals surface area contributed by atoms with Gasteiger partial charge in [0, 0.05) is 0 Å². The summed E-state index contributed by atoms with van der Waals surface area (Å²) in [6, 6.07) is 37.8. The third kappa shape index (κ3) is 3.79. The average Bonchev–Trinajstić information content (AvgIpc) is 3.31. The molecule has 0 amide bonds. The Balaban J connectivity index is 1.28. The van der Waals surface area contributed by atoms with Crippen molar-refractivity contribution in [2.24, 2.45) is 0 Å². The number of hydroxylamine groups is 1. The molecule has 4 aromatic rings. The Morgan fingerprint density at radius 3 is 1.62 bits per heavy atom. The summed E-state index contributed by atoms with van der Waals surface area (Å²) in [6.07, 6.45) is -0.145. The van der Waals surface area contributed by atoms with E-state index < -0.39 is 0 Å². The minimum Gasteiger partial charge on any atom is -0.266 e. The van der Waals surface area contributed by atoms with Crippen LogP contribution < -0.4 is 10.4 Å². The summed E-state index contributed by atoms with van der Waals surface area (Å²) in [7, 11) is 0. The lowest BCUT2D eigenvalue weighted by molar-refractivity contribution is 0.0789. The van der Waals surface area contributed by atoms with E-state index in [0.29, 0.717) is 6.67 Å². The number of nitrogens with one attached hydrogen (secondary N) is 1. The third-order valence-corrected chi connectivity index (χ3v) is 5.24. The van der Waals surface area contributed by atoms with Crippen molar-refractivity contribution in [3.8, 4) is 22.3 Å². The molecule has 1 saturated heterocycles. The lowest BCUT2D eigenvalue weighted by atomic mass is 10.0. The number of benzene rings is 4. The van der Waals surface area contributed by atoms with Crippen molar-refractivity contribution in [2.75, 3.05) is 11.7 Å². The topological polar surface area (TPSA) is 24.5 Å². The van der Waals surface area contributed by atoms with Crippen LogP contribution in [0, 0.1) is 0 Å². The van der Waals surface area contributed by atoms with Crippen molar-refractivity contribution in [2.45, 2.75) is 6.23 Å². The summed E-state index contributed by atoms with van der Waals surface area (Å²) < 4.78 is 0.